The number of carbonyl (C=O) groups excluding carboxylic acids is 1. The Labute approximate surface area is 161 Å². The third-order valence-corrected chi connectivity index (χ3v) is 3.95. The number of nitrogens with zero attached hydrogens (tertiary/aromatic N) is 1. The summed E-state index contributed by atoms with van der Waals surface area (Å²) in [7, 11) is 3.02. The number of ether oxygens (including phenoxy) is 3. The summed E-state index contributed by atoms with van der Waals surface area (Å²) in [5, 5.41) is 2.81. The topological polar surface area (TPSA) is 69.7 Å². The van der Waals surface area contributed by atoms with E-state index in [0.717, 1.165) is 0 Å². The van der Waals surface area contributed by atoms with E-state index in [1.807, 2.05) is 0 Å². The van der Waals surface area contributed by atoms with Crippen molar-refractivity contribution >= 4 is 5.91 Å². The fraction of sp³-hybridized carbons (Fsp3) is 0.143. The van der Waals surface area contributed by atoms with E-state index in [9.17, 15) is 9.18 Å². The second kappa shape index (κ2) is 8.85. The van der Waals surface area contributed by atoms with E-state index in [1.54, 1.807) is 48.7 Å². The fourth-order valence-corrected chi connectivity index (χ4v) is 2.55. The molecule has 0 aliphatic heterocycles. The van der Waals surface area contributed by atoms with Gasteiger partial charge < -0.3 is 19.5 Å². The average Bonchev–Trinajstić information content (AvgIpc) is 2.72. The van der Waals surface area contributed by atoms with E-state index in [-0.39, 0.29) is 18.3 Å². The molecule has 0 aliphatic rings. The van der Waals surface area contributed by atoms with Crippen molar-refractivity contribution in [2.24, 2.45) is 0 Å². The monoisotopic (exact) mass is 382 g/mol. The number of benzene rings is 2. The van der Waals surface area contributed by atoms with Crippen LogP contribution in [0, 0.1) is 5.82 Å². The zero-order chi connectivity index (χ0) is 19.9. The maximum absolute atomic E-state index is 13.4. The van der Waals surface area contributed by atoms with Crippen LogP contribution in [0.4, 0.5) is 4.39 Å². The molecule has 0 aliphatic carbocycles. The highest BCUT2D eigenvalue weighted by atomic mass is 19.1. The number of methoxy groups -OCH3 is 2. The zero-order valence-electron chi connectivity index (χ0n) is 15.4. The summed E-state index contributed by atoms with van der Waals surface area (Å²) in [6, 6.07) is 14.2. The number of halogens is 1. The van der Waals surface area contributed by atoms with Crippen molar-refractivity contribution in [1.82, 2.24) is 10.3 Å². The van der Waals surface area contributed by atoms with Gasteiger partial charge in [0.05, 0.1) is 19.8 Å². The molecule has 7 heteroatoms. The van der Waals surface area contributed by atoms with Crippen LogP contribution in [0.1, 0.15) is 15.9 Å². The van der Waals surface area contributed by atoms with Crippen LogP contribution in [0.5, 0.6) is 23.1 Å². The Balaban J connectivity index is 1.74. The lowest BCUT2D eigenvalue weighted by atomic mass is 10.1. The van der Waals surface area contributed by atoms with Gasteiger partial charge in [-0.3, -0.25) is 4.79 Å². The van der Waals surface area contributed by atoms with E-state index in [1.165, 1.54) is 26.4 Å². The maximum atomic E-state index is 13.4. The number of carbonyl (C=O) groups is 1. The van der Waals surface area contributed by atoms with Gasteiger partial charge in [-0.15, -0.1) is 0 Å². The van der Waals surface area contributed by atoms with Gasteiger partial charge in [0.1, 0.15) is 23.1 Å². The summed E-state index contributed by atoms with van der Waals surface area (Å²) in [5.74, 6) is 0.874. The summed E-state index contributed by atoms with van der Waals surface area (Å²) in [4.78, 5) is 16.7. The molecule has 3 rings (SSSR count). The standard InChI is InChI=1S/C21H19FN2O4/c1-26-16-8-9-18(19(12-16)27-2)20(25)24-13-14-5-4-10-23-21(14)28-17-7-3-6-15(22)11-17/h3-12H,13H2,1-2H3,(H,24,25). The number of hydrogen-bond acceptors (Lipinski definition) is 5. The Morgan fingerprint density at radius 3 is 2.64 bits per heavy atom. The predicted molar refractivity (Wildman–Crippen MR) is 101 cm³/mol. The second-order valence-corrected chi connectivity index (χ2v) is 5.78. The summed E-state index contributed by atoms with van der Waals surface area (Å²) >= 11 is 0. The molecule has 1 aromatic heterocycles. The third-order valence-electron chi connectivity index (χ3n) is 3.95. The van der Waals surface area contributed by atoms with Crippen LogP contribution < -0.4 is 19.5 Å². The first-order chi connectivity index (χ1) is 13.6. The first-order valence-electron chi connectivity index (χ1n) is 8.48. The largest absolute Gasteiger partial charge is 0.497 e. The molecule has 1 N–H and O–H groups in total. The summed E-state index contributed by atoms with van der Waals surface area (Å²) in [6.45, 7) is 0.173. The van der Waals surface area contributed by atoms with E-state index in [0.29, 0.717) is 28.4 Å². The quantitative estimate of drug-likeness (QED) is 0.670. The number of nitrogens with one attached hydrogen (secondary N) is 1. The fourth-order valence-electron chi connectivity index (χ4n) is 2.55. The molecule has 0 spiro atoms. The van der Waals surface area contributed by atoms with Gasteiger partial charge in [0.25, 0.3) is 5.91 Å². The molecule has 1 amide bonds. The van der Waals surface area contributed by atoms with Crippen LogP contribution in [0.25, 0.3) is 0 Å². The lowest BCUT2D eigenvalue weighted by Crippen LogP contribution is -2.23. The first kappa shape index (κ1) is 19.2. The van der Waals surface area contributed by atoms with E-state index >= 15 is 0 Å². The Hall–Kier alpha value is -3.61. The van der Waals surface area contributed by atoms with Gasteiger partial charge >= 0.3 is 0 Å². The SMILES string of the molecule is COc1ccc(C(=O)NCc2cccnc2Oc2cccc(F)c2)c(OC)c1. The minimum absolute atomic E-state index is 0.173. The Bertz CT molecular complexity index is 978. The van der Waals surface area contributed by atoms with Gasteiger partial charge in [0.15, 0.2) is 0 Å². The molecule has 1 heterocycles. The Morgan fingerprint density at radius 2 is 1.89 bits per heavy atom. The van der Waals surface area contributed by atoms with Crippen molar-refractivity contribution in [3.63, 3.8) is 0 Å². The summed E-state index contributed by atoms with van der Waals surface area (Å²) in [6.07, 6.45) is 1.56. The lowest BCUT2D eigenvalue weighted by Gasteiger charge is -2.13. The highest BCUT2D eigenvalue weighted by Crippen LogP contribution is 2.26. The van der Waals surface area contributed by atoms with Crippen molar-refractivity contribution in [3.8, 4) is 23.1 Å². The van der Waals surface area contributed by atoms with Crippen LogP contribution in [0.2, 0.25) is 0 Å². The van der Waals surface area contributed by atoms with E-state index < -0.39 is 5.82 Å². The van der Waals surface area contributed by atoms with Crippen LogP contribution in [-0.4, -0.2) is 25.1 Å². The summed E-state index contributed by atoms with van der Waals surface area (Å²) in [5.41, 5.74) is 1.02. The number of amides is 1. The molecule has 0 saturated carbocycles. The number of aromatic nitrogens is 1. The molecule has 2 aromatic carbocycles. The first-order valence-corrected chi connectivity index (χ1v) is 8.48. The molecule has 0 atom stereocenters. The van der Waals surface area contributed by atoms with Crippen molar-refractivity contribution in [3.05, 3.63) is 77.7 Å². The molecule has 0 saturated heterocycles. The zero-order valence-corrected chi connectivity index (χ0v) is 15.4. The predicted octanol–water partition coefficient (Wildman–Crippen LogP) is 3.96. The van der Waals surface area contributed by atoms with Gasteiger partial charge in [0.2, 0.25) is 5.88 Å². The van der Waals surface area contributed by atoms with Crippen LogP contribution >= 0.6 is 0 Å². The molecule has 0 radical (unpaired) electrons. The van der Waals surface area contributed by atoms with Gasteiger partial charge in [-0.25, -0.2) is 9.37 Å². The van der Waals surface area contributed by atoms with Crippen LogP contribution in [0.15, 0.2) is 60.8 Å². The van der Waals surface area contributed by atoms with Crippen LogP contribution in [-0.2, 0) is 6.54 Å². The van der Waals surface area contributed by atoms with Gasteiger partial charge in [-0.2, -0.15) is 0 Å². The highest BCUT2D eigenvalue weighted by Gasteiger charge is 2.14. The van der Waals surface area contributed by atoms with E-state index in [2.05, 4.69) is 10.3 Å². The number of pyridine rings is 1. The second-order valence-electron chi connectivity index (χ2n) is 5.78. The maximum Gasteiger partial charge on any atom is 0.255 e. The normalized spacial score (nSPS) is 10.2. The van der Waals surface area contributed by atoms with Crippen molar-refractivity contribution < 1.29 is 23.4 Å². The molecule has 28 heavy (non-hydrogen) atoms. The minimum atomic E-state index is -0.408. The molecular formula is C21H19FN2O4. The van der Waals surface area contributed by atoms with Crippen molar-refractivity contribution in [2.75, 3.05) is 14.2 Å². The highest BCUT2D eigenvalue weighted by molar-refractivity contribution is 5.97. The molecule has 3 aromatic rings. The van der Waals surface area contributed by atoms with Crippen molar-refractivity contribution in [2.45, 2.75) is 6.54 Å². The molecule has 6 nitrogen and oxygen atoms in total. The number of rotatable bonds is 7. The van der Waals surface area contributed by atoms with Crippen LogP contribution in [0.3, 0.4) is 0 Å². The molecule has 0 bridgehead atoms. The minimum Gasteiger partial charge on any atom is -0.497 e. The summed E-state index contributed by atoms with van der Waals surface area (Å²) < 4.78 is 29.4. The molecule has 0 fully saturated rings. The van der Waals surface area contributed by atoms with Gasteiger partial charge in [0, 0.05) is 30.4 Å². The van der Waals surface area contributed by atoms with Gasteiger partial charge in [-0.05, 0) is 30.3 Å². The smallest absolute Gasteiger partial charge is 0.255 e. The lowest BCUT2D eigenvalue weighted by molar-refractivity contribution is 0.0947. The number of hydrogen-bond donors (Lipinski definition) is 1. The van der Waals surface area contributed by atoms with Crippen molar-refractivity contribution in [1.29, 1.82) is 0 Å². The third kappa shape index (κ3) is 4.56. The molecule has 144 valence electrons. The van der Waals surface area contributed by atoms with Gasteiger partial charge in [-0.1, -0.05) is 12.1 Å². The van der Waals surface area contributed by atoms with E-state index in [4.69, 9.17) is 14.2 Å². The Kier molecular flexibility index (Phi) is 6.06. The molecular weight excluding hydrogens is 363 g/mol. The Morgan fingerprint density at radius 1 is 1.04 bits per heavy atom. The molecule has 0 unspecified atom stereocenters. The average molecular weight is 382 g/mol.